The van der Waals surface area contributed by atoms with Gasteiger partial charge in [0.05, 0.1) is 0 Å². The number of fused-ring (bicyclic) bond motifs is 1. The second kappa shape index (κ2) is 5.04. The van der Waals surface area contributed by atoms with Crippen LogP contribution < -0.4 is 10.6 Å². The van der Waals surface area contributed by atoms with Gasteiger partial charge < -0.3 is 0 Å². The Hall–Kier alpha value is -1.23. The summed E-state index contributed by atoms with van der Waals surface area (Å²) in [5, 5.41) is 6.38. The van der Waals surface area contributed by atoms with Gasteiger partial charge in [0.25, 0.3) is 0 Å². The standard InChI is InChI=1S/C13H16N4OSe/c1-2-13(7-4-8-14-13)12(18)15-9-5-3-6-10-11(9)17-19-16-10/h3,5-6,14H,2,4,7-8H2,1H3,(H,15,18). The number of hydrogen-bond acceptors (Lipinski definition) is 4. The summed E-state index contributed by atoms with van der Waals surface area (Å²) >= 11 is -0.0722. The molecule has 0 radical (unpaired) electrons. The number of carbonyl (C=O) groups excluding carboxylic acids is 1. The zero-order valence-corrected chi connectivity index (χ0v) is 12.5. The number of hydrogen-bond donors (Lipinski definition) is 2. The molecule has 1 aromatic rings. The van der Waals surface area contributed by atoms with Crippen LogP contribution >= 0.6 is 0 Å². The second-order valence-electron chi connectivity index (χ2n) is 4.86. The van der Waals surface area contributed by atoms with E-state index in [9.17, 15) is 4.79 Å². The molecular formula is C13H16N4OSe. The number of amides is 1. The van der Waals surface area contributed by atoms with Gasteiger partial charge in [0.1, 0.15) is 0 Å². The molecule has 6 heteroatoms. The Labute approximate surface area is 117 Å². The molecule has 1 saturated heterocycles. The number of benzene rings is 1. The fourth-order valence-electron chi connectivity index (χ4n) is 2.61. The Morgan fingerprint density at radius 3 is 3.16 bits per heavy atom. The number of nitrogens with one attached hydrogen (secondary N) is 2. The topological polar surface area (TPSA) is 65.8 Å². The van der Waals surface area contributed by atoms with Crippen LogP contribution in [0.25, 0.3) is 0 Å². The Bertz CT molecular complexity index is 586. The van der Waals surface area contributed by atoms with E-state index in [1.54, 1.807) is 0 Å². The summed E-state index contributed by atoms with van der Waals surface area (Å²) in [4.78, 5) is 12.5. The second-order valence-corrected chi connectivity index (χ2v) is 5.97. The molecule has 1 amide bonds. The van der Waals surface area contributed by atoms with Crippen molar-refractivity contribution in [3.05, 3.63) is 18.2 Å². The molecule has 2 heterocycles. The summed E-state index contributed by atoms with van der Waals surface area (Å²) in [6.45, 7) is 2.97. The fourth-order valence-corrected chi connectivity index (χ4v) is 3.76. The molecule has 100 valence electrons. The van der Waals surface area contributed by atoms with E-state index in [1.807, 2.05) is 18.2 Å². The maximum atomic E-state index is 12.5. The molecule has 1 atom stereocenters. The molecule has 2 N–H and O–H groups in total. The molecule has 1 unspecified atom stereocenters. The van der Waals surface area contributed by atoms with Gasteiger partial charge in [-0.05, 0) is 0 Å². The van der Waals surface area contributed by atoms with E-state index in [-0.39, 0.29) is 20.5 Å². The zero-order chi connectivity index (χ0) is 13.3. The first-order valence-electron chi connectivity index (χ1n) is 6.53. The zero-order valence-electron chi connectivity index (χ0n) is 10.8. The maximum absolute atomic E-state index is 12.5. The van der Waals surface area contributed by atoms with Crippen LogP contribution in [0.15, 0.2) is 26.1 Å². The Morgan fingerprint density at radius 2 is 2.42 bits per heavy atom. The average molecular weight is 323 g/mol. The minimum absolute atomic E-state index is 0.0514. The van der Waals surface area contributed by atoms with E-state index in [2.05, 4.69) is 25.5 Å². The van der Waals surface area contributed by atoms with E-state index in [4.69, 9.17) is 0 Å². The first-order valence-corrected chi connectivity index (χ1v) is 8.06. The van der Waals surface area contributed by atoms with E-state index in [1.165, 1.54) is 0 Å². The van der Waals surface area contributed by atoms with Crippen molar-refractivity contribution in [3.8, 4) is 0 Å². The number of rotatable bonds is 3. The van der Waals surface area contributed by atoms with Crippen LogP contribution in [-0.2, 0) is 4.79 Å². The van der Waals surface area contributed by atoms with Gasteiger partial charge in [0, 0.05) is 0 Å². The van der Waals surface area contributed by atoms with Crippen molar-refractivity contribution in [3.63, 3.8) is 0 Å². The molecule has 0 saturated carbocycles. The minimum atomic E-state index is -0.413. The molecule has 0 aliphatic carbocycles. The molecule has 2 aliphatic heterocycles. The summed E-state index contributed by atoms with van der Waals surface area (Å²) in [7, 11) is 0. The van der Waals surface area contributed by atoms with Gasteiger partial charge in [-0.3, -0.25) is 0 Å². The van der Waals surface area contributed by atoms with E-state index in [0.29, 0.717) is 0 Å². The molecular weight excluding hydrogens is 307 g/mol. The van der Waals surface area contributed by atoms with Gasteiger partial charge in [-0.2, -0.15) is 0 Å². The van der Waals surface area contributed by atoms with Gasteiger partial charge in [-0.1, -0.05) is 0 Å². The number of carbonyl (C=O) groups is 1. The molecule has 0 spiro atoms. The van der Waals surface area contributed by atoms with Gasteiger partial charge in [-0.15, -0.1) is 0 Å². The quantitative estimate of drug-likeness (QED) is 0.853. The van der Waals surface area contributed by atoms with Crippen LogP contribution in [0, 0.1) is 0 Å². The van der Waals surface area contributed by atoms with Crippen molar-refractivity contribution in [2.45, 2.75) is 31.7 Å². The van der Waals surface area contributed by atoms with E-state index in [0.717, 1.165) is 42.9 Å². The predicted molar refractivity (Wildman–Crippen MR) is 75.3 cm³/mol. The molecule has 1 aromatic carbocycles. The average Bonchev–Trinajstić information content (AvgIpc) is 3.08. The molecule has 5 nitrogen and oxygen atoms in total. The molecule has 3 rings (SSSR count). The Kier molecular flexibility index (Phi) is 3.39. The third-order valence-corrected chi connectivity index (χ3v) is 4.95. The van der Waals surface area contributed by atoms with Crippen molar-refractivity contribution in [1.82, 2.24) is 5.32 Å². The van der Waals surface area contributed by atoms with Crippen molar-refractivity contribution < 1.29 is 4.79 Å². The molecule has 2 aliphatic rings. The molecule has 19 heavy (non-hydrogen) atoms. The fraction of sp³-hybridized carbons (Fsp3) is 0.462. The Morgan fingerprint density at radius 1 is 1.53 bits per heavy atom. The SMILES string of the molecule is CCC1(C(=O)Nc2cccc3c2N=[Se]=N3)CCCN1. The van der Waals surface area contributed by atoms with Crippen LogP contribution in [0.1, 0.15) is 26.2 Å². The van der Waals surface area contributed by atoms with Crippen LogP contribution in [0.4, 0.5) is 17.1 Å². The van der Waals surface area contributed by atoms with Crippen molar-refractivity contribution in [2.24, 2.45) is 7.92 Å². The van der Waals surface area contributed by atoms with Gasteiger partial charge in [0.2, 0.25) is 0 Å². The van der Waals surface area contributed by atoms with Gasteiger partial charge in [0.15, 0.2) is 0 Å². The predicted octanol–water partition coefficient (Wildman–Crippen LogP) is 2.51. The van der Waals surface area contributed by atoms with Crippen LogP contribution in [0.5, 0.6) is 0 Å². The third kappa shape index (κ3) is 2.20. The summed E-state index contributed by atoms with van der Waals surface area (Å²) < 4.78 is 8.72. The van der Waals surface area contributed by atoms with Crippen LogP contribution in [0.3, 0.4) is 0 Å². The summed E-state index contributed by atoms with van der Waals surface area (Å²) in [6, 6.07) is 5.75. The summed E-state index contributed by atoms with van der Waals surface area (Å²) in [5.74, 6) is 0.0514. The Balaban J connectivity index is 1.84. The molecule has 0 bridgehead atoms. The number of nitrogens with zero attached hydrogens (tertiary/aromatic N) is 2. The van der Waals surface area contributed by atoms with Crippen molar-refractivity contribution >= 4 is 37.5 Å². The molecule has 0 aromatic heterocycles. The third-order valence-electron chi connectivity index (χ3n) is 3.82. The van der Waals surface area contributed by atoms with Crippen molar-refractivity contribution in [1.29, 1.82) is 0 Å². The van der Waals surface area contributed by atoms with Gasteiger partial charge >= 0.3 is 117 Å². The van der Waals surface area contributed by atoms with E-state index < -0.39 is 5.54 Å². The van der Waals surface area contributed by atoms with E-state index >= 15 is 0 Å². The summed E-state index contributed by atoms with van der Waals surface area (Å²) in [6.07, 6.45) is 2.76. The van der Waals surface area contributed by atoms with Crippen LogP contribution in [0.2, 0.25) is 0 Å². The number of anilines is 1. The normalized spacial score (nSPS) is 24.1. The van der Waals surface area contributed by atoms with Crippen molar-refractivity contribution in [2.75, 3.05) is 11.9 Å². The van der Waals surface area contributed by atoms with Gasteiger partial charge in [-0.25, -0.2) is 0 Å². The monoisotopic (exact) mass is 324 g/mol. The first-order chi connectivity index (χ1) is 9.25. The molecule has 1 fully saturated rings. The first kappa shape index (κ1) is 12.8. The summed E-state index contributed by atoms with van der Waals surface area (Å²) in [5.41, 5.74) is 2.10. The van der Waals surface area contributed by atoms with Crippen LogP contribution in [-0.4, -0.2) is 32.6 Å².